The maximum atomic E-state index is 6.16. The summed E-state index contributed by atoms with van der Waals surface area (Å²) in [6.45, 7) is 9.51. The number of benzene rings is 1. The van der Waals surface area contributed by atoms with Crippen LogP contribution in [-0.4, -0.2) is 24.5 Å². The molecule has 0 radical (unpaired) electrons. The summed E-state index contributed by atoms with van der Waals surface area (Å²) in [5.74, 6) is 0. The zero-order valence-electron chi connectivity index (χ0n) is 10.0. The Morgan fingerprint density at radius 3 is 2.13 bits per heavy atom. The molecule has 1 aromatic carbocycles. The van der Waals surface area contributed by atoms with Gasteiger partial charge in [0.15, 0.2) is 0 Å². The molecule has 0 amide bonds. The summed E-state index contributed by atoms with van der Waals surface area (Å²) in [6.07, 6.45) is 0. The van der Waals surface area contributed by atoms with Crippen LogP contribution in [0.3, 0.4) is 0 Å². The highest BCUT2D eigenvalue weighted by Gasteiger charge is 2.09. The van der Waals surface area contributed by atoms with E-state index in [1.165, 1.54) is 11.1 Å². The maximum Gasteiger partial charge on any atom is 0.0424 e. The van der Waals surface area contributed by atoms with E-state index in [2.05, 4.69) is 49.9 Å². The Labute approximate surface area is 93.1 Å². The highest BCUT2D eigenvalue weighted by atomic mass is 15.1. The molecule has 0 aliphatic rings. The van der Waals surface area contributed by atoms with Gasteiger partial charge in [-0.25, -0.2) is 0 Å². The van der Waals surface area contributed by atoms with Crippen molar-refractivity contribution in [1.82, 2.24) is 4.90 Å². The van der Waals surface area contributed by atoms with Crippen molar-refractivity contribution in [2.24, 2.45) is 5.73 Å². The van der Waals surface area contributed by atoms with Crippen molar-refractivity contribution in [3.63, 3.8) is 0 Å². The van der Waals surface area contributed by atoms with Crippen LogP contribution < -0.4 is 5.73 Å². The van der Waals surface area contributed by atoms with Gasteiger partial charge in [0.05, 0.1) is 0 Å². The first-order chi connectivity index (χ1) is 7.17. The summed E-state index contributed by atoms with van der Waals surface area (Å²) in [6, 6.07) is 8.63. The Morgan fingerprint density at radius 2 is 1.67 bits per heavy atom. The third kappa shape index (κ3) is 3.65. The van der Waals surface area contributed by atoms with E-state index >= 15 is 0 Å². The smallest absolute Gasteiger partial charge is 0.0424 e. The summed E-state index contributed by atoms with van der Waals surface area (Å²) in [5.41, 5.74) is 8.67. The number of rotatable bonds is 5. The van der Waals surface area contributed by atoms with Gasteiger partial charge >= 0.3 is 0 Å². The molecule has 0 saturated carbocycles. The van der Waals surface area contributed by atoms with Crippen LogP contribution in [0.4, 0.5) is 0 Å². The van der Waals surface area contributed by atoms with Crippen molar-refractivity contribution < 1.29 is 0 Å². The minimum absolute atomic E-state index is 0.130. The topological polar surface area (TPSA) is 29.3 Å². The molecule has 0 aliphatic heterocycles. The zero-order valence-corrected chi connectivity index (χ0v) is 10.0. The van der Waals surface area contributed by atoms with Crippen LogP contribution >= 0.6 is 0 Å². The molecule has 0 bridgehead atoms. The Kier molecular flexibility index (Phi) is 4.79. The molecule has 0 spiro atoms. The highest BCUT2D eigenvalue weighted by Crippen LogP contribution is 2.12. The van der Waals surface area contributed by atoms with Gasteiger partial charge in [-0.05, 0) is 25.6 Å². The monoisotopic (exact) mass is 206 g/mol. The molecule has 84 valence electrons. The summed E-state index contributed by atoms with van der Waals surface area (Å²) < 4.78 is 0. The Bertz CT molecular complexity index is 275. The third-order valence-electron chi connectivity index (χ3n) is 2.85. The van der Waals surface area contributed by atoms with Gasteiger partial charge in [-0.15, -0.1) is 0 Å². The third-order valence-corrected chi connectivity index (χ3v) is 2.85. The van der Waals surface area contributed by atoms with Crippen LogP contribution in [-0.2, 0) is 0 Å². The molecule has 1 unspecified atom stereocenters. The van der Waals surface area contributed by atoms with Gasteiger partial charge in [-0.1, -0.05) is 43.7 Å². The summed E-state index contributed by atoms with van der Waals surface area (Å²) in [5, 5.41) is 0. The lowest BCUT2D eigenvalue weighted by Crippen LogP contribution is -2.31. The number of nitrogens with zero attached hydrogens (tertiary/aromatic N) is 1. The lowest BCUT2D eigenvalue weighted by molar-refractivity contribution is 0.284. The molecule has 0 saturated heterocycles. The average molecular weight is 206 g/mol. The lowest BCUT2D eigenvalue weighted by atomic mass is 10.1. The van der Waals surface area contributed by atoms with Crippen molar-refractivity contribution in [3.8, 4) is 0 Å². The molecular formula is C13H22N2. The Hall–Kier alpha value is -0.860. The molecule has 0 aliphatic carbocycles. The van der Waals surface area contributed by atoms with Crippen LogP contribution in [0.2, 0.25) is 0 Å². The predicted molar refractivity (Wildman–Crippen MR) is 65.9 cm³/mol. The van der Waals surface area contributed by atoms with Crippen molar-refractivity contribution in [3.05, 3.63) is 35.4 Å². The molecule has 1 atom stereocenters. The normalized spacial score (nSPS) is 13.1. The van der Waals surface area contributed by atoms with Gasteiger partial charge in [0.2, 0.25) is 0 Å². The van der Waals surface area contributed by atoms with Crippen molar-refractivity contribution in [1.29, 1.82) is 0 Å². The molecule has 15 heavy (non-hydrogen) atoms. The highest BCUT2D eigenvalue weighted by molar-refractivity contribution is 5.24. The largest absolute Gasteiger partial charge is 0.323 e. The quantitative estimate of drug-likeness (QED) is 0.801. The lowest BCUT2D eigenvalue weighted by Gasteiger charge is -2.22. The summed E-state index contributed by atoms with van der Waals surface area (Å²) in [4.78, 5) is 2.35. The minimum Gasteiger partial charge on any atom is -0.323 e. The van der Waals surface area contributed by atoms with Gasteiger partial charge in [0.25, 0.3) is 0 Å². The first-order valence-electron chi connectivity index (χ1n) is 5.71. The van der Waals surface area contributed by atoms with E-state index in [1.807, 2.05) is 0 Å². The second kappa shape index (κ2) is 5.89. The predicted octanol–water partition coefficient (Wildman–Crippen LogP) is 2.34. The second-order valence-electron chi connectivity index (χ2n) is 4.00. The first-order valence-corrected chi connectivity index (χ1v) is 5.71. The van der Waals surface area contributed by atoms with Crippen LogP contribution in [0.15, 0.2) is 24.3 Å². The molecule has 0 aromatic heterocycles. The van der Waals surface area contributed by atoms with Crippen molar-refractivity contribution >= 4 is 0 Å². The number of hydrogen-bond acceptors (Lipinski definition) is 2. The van der Waals surface area contributed by atoms with Crippen molar-refractivity contribution in [2.45, 2.75) is 26.8 Å². The molecule has 2 nitrogen and oxygen atoms in total. The van der Waals surface area contributed by atoms with Crippen molar-refractivity contribution in [2.75, 3.05) is 19.6 Å². The van der Waals surface area contributed by atoms with Gasteiger partial charge in [-0.2, -0.15) is 0 Å². The molecule has 2 N–H and O–H groups in total. The fraction of sp³-hybridized carbons (Fsp3) is 0.538. The van der Waals surface area contributed by atoms with Crippen LogP contribution in [0.5, 0.6) is 0 Å². The maximum absolute atomic E-state index is 6.16. The molecule has 0 heterocycles. The molecule has 2 heteroatoms. The van der Waals surface area contributed by atoms with Gasteiger partial charge in [-0.3, -0.25) is 0 Å². The standard InChI is InChI=1S/C13H22N2/c1-4-15(5-2)10-13(14)12-8-6-11(3)7-9-12/h6-9,13H,4-5,10,14H2,1-3H3. The summed E-state index contributed by atoms with van der Waals surface area (Å²) >= 11 is 0. The number of hydrogen-bond donors (Lipinski definition) is 1. The van der Waals surface area contributed by atoms with E-state index < -0.39 is 0 Å². The van der Waals surface area contributed by atoms with E-state index in [9.17, 15) is 0 Å². The van der Waals surface area contributed by atoms with E-state index in [1.54, 1.807) is 0 Å². The molecule has 1 aromatic rings. The molecule has 1 rings (SSSR count). The zero-order chi connectivity index (χ0) is 11.3. The van der Waals surface area contributed by atoms with E-state index in [-0.39, 0.29) is 6.04 Å². The van der Waals surface area contributed by atoms with Crippen LogP contribution in [0.1, 0.15) is 31.0 Å². The second-order valence-corrected chi connectivity index (χ2v) is 4.00. The minimum atomic E-state index is 0.130. The van der Waals surface area contributed by atoms with E-state index in [0.29, 0.717) is 0 Å². The van der Waals surface area contributed by atoms with Crippen LogP contribution in [0.25, 0.3) is 0 Å². The van der Waals surface area contributed by atoms with Crippen LogP contribution in [0, 0.1) is 6.92 Å². The number of aryl methyl sites for hydroxylation is 1. The average Bonchev–Trinajstić information content (AvgIpc) is 2.26. The van der Waals surface area contributed by atoms with E-state index in [4.69, 9.17) is 5.73 Å². The van der Waals surface area contributed by atoms with Gasteiger partial charge in [0, 0.05) is 12.6 Å². The SMILES string of the molecule is CCN(CC)CC(N)c1ccc(C)cc1. The van der Waals surface area contributed by atoms with Gasteiger partial charge in [0.1, 0.15) is 0 Å². The fourth-order valence-corrected chi connectivity index (χ4v) is 1.68. The molecular weight excluding hydrogens is 184 g/mol. The number of nitrogens with two attached hydrogens (primary N) is 1. The Balaban J connectivity index is 2.60. The molecule has 0 fully saturated rings. The first kappa shape index (κ1) is 12.2. The Morgan fingerprint density at radius 1 is 1.13 bits per heavy atom. The number of likely N-dealkylation sites (N-methyl/N-ethyl adjacent to an activating group) is 1. The fourth-order valence-electron chi connectivity index (χ4n) is 1.68. The summed E-state index contributed by atoms with van der Waals surface area (Å²) in [7, 11) is 0. The van der Waals surface area contributed by atoms with E-state index in [0.717, 1.165) is 19.6 Å². The van der Waals surface area contributed by atoms with Gasteiger partial charge < -0.3 is 10.6 Å².